The first-order valence-corrected chi connectivity index (χ1v) is 5.99. The standard InChI is InChI=1S/C12H22O.C2H4O2/c1-11(2)7-6-9-12(3)8-4-5-10-13;1-2(3)4/h7-8,13H,4-6,9-10H2,1-3H3;1H3,(H,3,4). The predicted molar refractivity (Wildman–Crippen MR) is 72.1 cm³/mol. The molecule has 0 saturated heterocycles. The van der Waals surface area contributed by atoms with Crippen LogP contribution >= 0.6 is 0 Å². The number of hydrogen-bond acceptors (Lipinski definition) is 2. The Morgan fingerprint density at radius 1 is 1.06 bits per heavy atom. The van der Waals surface area contributed by atoms with E-state index in [0.717, 1.165) is 32.6 Å². The summed E-state index contributed by atoms with van der Waals surface area (Å²) in [6, 6.07) is 0. The monoisotopic (exact) mass is 242 g/mol. The van der Waals surface area contributed by atoms with Gasteiger partial charge in [0.05, 0.1) is 0 Å². The Hall–Kier alpha value is -1.09. The topological polar surface area (TPSA) is 57.5 Å². The molecule has 0 aliphatic heterocycles. The van der Waals surface area contributed by atoms with Gasteiger partial charge in [-0.15, -0.1) is 0 Å². The third-order valence-corrected chi connectivity index (χ3v) is 1.95. The molecule has 0 spiro atoms. The first kappa shape index (κ1) is 18.3. The van der Waals surface area contributed by atoms with E-state index in [1.54, 1.807) is 0 Å². The number of carboxylic acids is 1. The lowest BCUT2D eigenvalue weighted by Gasteiger charge is -1.98. The molecule has 0 heterocycles. The van der Waals surface area contributed by atoms with Crippen LogP contribution < -0.4 is 0 Å². The van der Waals surface area contributed by atoms with Crippen molar-refractivity contribution >= 4 is 5.97 Å². The summed E-state index contributed by atoms with van der Waals surface area (Å²) < 4.78 is 0. The molecule has 3 nitrogen and oxygen atoms in total. The molecule has 0 aliphatic rings. The van der Waals surface area contributed by atoms with E-state index in [1.807, 2.05) is 0 Å². The second-order valence-corrected chi connectivity index (χ2v) is 4.26. The first-order chi connectivity index (χ1) is 7.90. The zero-order chi connectivity index (χ0) is 13.7. The molecule has 3 heteroatoms. The Morgan fingerprint density at radius 3 is 2.00 bits per heavy atom. The Bertz CT molecular complexity index is 244. The molecule has 0 aliphatic carbocycles. The zero-order valence-electron chi connectivity index (χ0n) is 11.5. The summed E-state index contributed by atoms with van der Waals surface area (Å²) in [7, 11) is 0. The lowest BCUT2D eigenvalue weighted by atomic mass is 10.1. The molecule has 100 valence electrons. The summed E-state index contributed by atoms with van der Waals surface area (Å²) in [6.45, 7) is 7.81. The molecule has 0 atom stereocenters. The fourth-order valence-electron chi connectivity index (χ4n) is 1.13. The molecule has 0 bridgehead atoms. The van der Waals surface area contributed by atoms with E-state index in [2.05, 4.69) is 32.9 Å². The van der Waals surface area contributed by atoms with Gasteiger partial charge >= 0.3 is 0 Å². The highest BCUT2D eigenvalue weighted by Crippen LogP contribution is 2.08. The third-order valence-electron chi connectivity index (χ3n) is 1.95. The molecular weight excluding hydrogens is 216 g/mol. The second kappa shape index (κ2) is 13.0. The minimum absolute atomic E-state index is 0.303. The molecular formula is C14H26O3. The number of carbonyl (C=O) groups is 1. The maximum Gasteiger partial charge on any atom is 0.300 e. The maximum atomic E-state index is 9.00. The first-order valence-electron chi connectivity index (χ1n) is 5.99. The van der Waals surface area contributed by atoms with Crippen LogP contribution in [0.25, 0.3) is 0 Å². The van der Waals surface area contributed by atoms with E-state index in [-0.39, 0.29) is 0 Å². The average molecular weight is 242 g/mol. The molecule has 0 saturated carbocycles. The molecule has 0 aromatic heterocycles. The van der Waals surface area contributed by atoms with E-state index < -0.39 is 5.97 Å². The molecule has 0 unspecified atom stereocenters. The highest BCUT2D eigenvalue weighted by Gasteiger charge is 1.88. The number of unbranched alkanes of at least 4 members (excludes halogenated alkanes) is 1. The van der Waals surface area contributed by atoms with Crippen LogP contribution in [0.15, 0.2) is 23.3 Å². The summed E-state index contributed by atoms with van der Waals surface area (Å²) in [4.78, 5) is 9.00. The van der Waals surface area contributed by atoms with Crippen molar-refractivity contribution in [2.24, 2.45) is 0 Å². The highest BCUT2D eigenvalue weighted by molar-refractivity contribution is 5.62. The van der Waals surface area contributed by atoms with Gasteiger partial charge in [-0.25, -0.2) is 0 Å². The lowest BCUT2D eigenvalue weighted by Crippen LogP contribution is -1.82. The normalized spacial score (nSPS) is 10.3. The van der Waals surface area contributed by atoms with Gasteiger partial charge < -0.3 is 10.2 Å². The van der Waals surface area contributed by atoms with Crippen LogP contribution in [0.5, 0.6) is 0 Å². The smallest absolute Gasteiger partial charge is 0.300 e. The number of carboxylic acid groups (broad SMARTS) is 1. The number of allylic oxidation sites excluding steroid dienone is 4. The molecule has 0 fully saturated rings. The second-order valence-electron chi connectivity index (χ2n) is 4.26. The minimum Gasteiger partial charge on any atom is -0.481 e. The zero-order valence-corrected chi connectivity index (χ0v) is 11.5. The lowest BCUT2D eigenvalue weighted by molar-refractivity contribution is -0.134. The van der Waals surface area contributed by atoms with E-state index in [4.69, 9.17) is 15.0 Å². The summed E-state index contributed by atoms with van der Waals surface area (Å²) >= 11 is 0. The highest BCUT2D eigenvalue weighted by atomic mass is 16.4. The van der Waals surface area contributed by atoms with E-state index >= 15 is 0 Å². The van der Waals surface area contributed by atoms with Crippen molar-refractivity contribution in [1.82, 2.24) is 0 Å². The fraction of sp³-hybridized carbons (Fsp3) is 0.643. The molecule has 0 aromatic rings. The van der Waals surface area contributed by atoms with Gasteiger partial charge in [0, 0.05) is 13.5 Å². The summed E-state index contributed by atoms with van der Waals surface area (Å²) in [5, 5.41) is 16.0. The summed E-state index contributed by atoms with van der Waals surface area (Å²) in [5.41, 5.74) is 2.83. The van der Waals surface area contributed by atoms with E-state index in [0.29, 0.717) is 6.61 Å². The fourth-order valence-corrected chi connectivity index (χ4v) is 1.13. The van der Waals surface area contributed by atoms with Crippen molar-refractivity contribution in [1.29, 1.82) is 0 Å². The summed E-state index contributed by atoms with van der Waals surface area (Å²) in [5.74, 6) is -0.833. The number of aliphatic hydroxyl groups is 1. The number of aliphatic hydroxyl groups excluding tert-OH is 1. The van der Waals surface area contributed by atoms with Gasteiger partial charge in [-0.05, 0) is 46.5 Å². The van der Waals surface area contributed by atoms with Gasteiger partial charge in [-0.3, -0.25) is 4.79 Å². The number of rotatable bonds is 6. The SMILES string of the molecule is CC(=O)O.CC(C)=CCCC(C)=CCCCO. The van der Waals surface area contributed by atoms with Gasteiger partial charge in [0.15, 0.2) is 0 Å². The van der Waals surface area contributed by atoms with Crippen molar-refractivity contribution in [2.75, 3.05) is 6.61 Å². The van der Waals surface area contributed by atoms with Crippen LogP contribution in [-0.4, -0.2) is 22.8 Å². The third kappa shape index (κ3) is 25.3. The van der Waals surface area contributed by atoms with E-state index in [9.17, 15) is 0 Å². The van der Waals surface area contributed by atoms with Crippen LogP contribution in [0.4, 0.5) is 0 Å². The number of hydrogen-bond donors (Lipinski definition) is 2. The van der Waals surface area contributed by atoms with Crippen molar-refractivity contribution in [3.05, 3.63) is 23.3 Å². The van der Waals surface area contributed by atoms with Crippen LogP contribution in [0, 0.1) is 0 Å². The van der Waals surface area contributed by atoms with Crippen LogP contribution in [0.2, 0.25) is 0 Å². The molecule has 0 rings (SSSR count). The van der Waals surface area contributed by atoms with Crippen LogP contribution in [0.3, 0.4) is 0 Å². The minimum atomic E-state index is -0.833. The largest absolute Gasteiger partial charge is 0.481 e. The Morgan fingerprint density at radius 2 is 1.59 bits per heavy atom. The quantitative estimate of drug-likeness (QED) is 0.553. The van der Waals surface area contributed by atoms with Crippen LogP contribution in [0.1, 0.15) is 53.4 Å². The Kier molecular flexibility index (Phi) is 14.0. The number of aliphatic carboxylic acids is 1. The van der Waals surface area contributed by atoms with Crippen molar-refractivity contribution in [3.63, 3.8) is 0 Å². The van der Waals surface area contributed by atoms with Gasteiger partial charge in [0.1, 0.15) is 0 Å². The Labute approximate surface area is 105 Å². The average Bonchev–Trinajstić information content (AvgIpc) is 2.16. The molecule has 0 radical (unpaired) electrons. The van der Waals surface area contributed by atoms with Gasteiger partial charge in [0.2, 0.25) is 0 Å². The summed E-state index contributed by atoms with van der Waals surface area (Å²) in [6.07, 6.45) is 8.69. The van der Waals surface area contributed by atoms with Crippen molar-refractivity contribution in [3.8, 4) is 0 Å². The molecule has 17 heavy (non-hydrogen) atoms. The maximum absolute atomic E-state index is 9.00. The molecule has 0 amide bonds. The van der Waals surface area contributed by atoms with E-state index in [1.165, 1.54) is 11.1 Å². The van der Waals surface area contributed by atoms with Crippen LogP contribution in [-0.2, 0) is 4.79 Å². The van der Waals surface area contributed by atoms with Gasteiger partial charge in [0.25, 0.3) is 5.97 Å². The van der Waals surface area contributed by atoms with Gasteiger partial charge in [-0.1, -0.05) is 23.3 Å². The van der Waals surface area contributed by atoms with Crippen molar-refractivity contribution in [2.45, 2.75) is 53.4 Å². The van der Waals surface area contributed by atoms with Gasteiger partial charge in [-0.2, -0.15) is 0 Å². The predicted octanol–water partition coefficient (Wildman–Crippen LogP) is 3.54. The molecule has 0 aromatic carbocycles. The Balaban J connectivity index is 0. The van der Waals surface area contributed by atoms with Crippen molar-refractivity contribution < 1.29 is 15.0 Å². The molecule has 2 N–H and O–H groups in total.